The van der Waals surface area contributed by atoms with E-state index in [4.69, 9.17) is 5.73 Å². The van der Waals surface area contributed by atoms with Crippen LogP contribution in [0.25, 0.3) is 22.4 Å². The molecule has 0 saturated carbocycles. The van der Waals surface area contributed by atoms with Gasteiger partial charge < -0.3 is 16.0 Å². The molecule has 0 atom stereocenters. The van der Waals surface area contributed by atoms with E-state index in [1.54, 1.807) is 36.4 Å². The molecule has 0 bridgehead atoms. The van der Waals surface area contributed by atoms with Crippen LogP contribution < -0.4 is 11.1 Å². The fourth-order valence-corrected chi connectivity index (χ4v) is 3.38. The minimum absolute atomic E-state index is 0.219. The number of nitrogens with zero attached hydrogens (tertiary/aromatic N) is 3. The zero-order valence-corrected chi connectivity index (χ0v) is 15.2. The normalized spacial score (nSPS) is 11.6. The van der Waals surface area contributed by atoms with Crippen molar-refractivity contribution in [3.8, 4) is 11.3 Å². The molecule has 0 aliphatic rings. The standard InChI is InChI=1S/C18H16N6O2S/c1-27(25,26)14-7-2-4-11(8-14)15-16-17(21-10-20-16)24-18(23-15)22-13-6-3-5-12(19)9-13/h2-10H,19H2,1H3,(H2,20,21,22,23,24). The van der Waals surface area contributed by atoms with Crippen LogP contribution >= 0.6 is 0 Å². The second-order valence-electron chi connectivity index (χ2n) is 6.05. The lowest BCUT2D eigenvalue weighted by Gasteiger charge is -2.09. The van der Waals surface area contributed by atoms with Crippen LogP contribution in [0.5, 0.6) is 0 Å². The van der Waals surface area contributed by atoms with Crippen molar-refractivity contribution in [2.75, 3.05) is 17.3 Å². The maximum atomic E-state index is 11.9. The van der Waals surface area contributed by atoms with Gasteiger partial charge in [-0.15, -0.1) is 0 Å². The summed E-state index contributed by atoms with van der Waals surface area (Å²) < 4.78 is 23.8. The van der Waals surface area contributed by atoms with Crippen LogP contribution in [0.15, 0.2) is 59.8 Å². The van der Waals surface area contributed by atoms with Gasteiger partial charge in [0.15, 0.2) is 15.5 Å². The van der Waals surface area contributed by atoms with Crippen LogP contribution in [-0.2, 0) is 9.84 Å². The average molecular weight is 380 g/mol. The molecule has 0 aliphatic heterocycles. The molecule has 0 amide bonds. The number of fused-ring (bicyclic) bond motifs is 1. The summed E-state index contributed by atoms with van der Waals surface area (Å²) in [6, 6.07) is 13.8. The van der Waals surface area contributed by atoms with Gasteiger partial charge in [0.25, 0.3) is 0 Å². The summed E-state index contributed by atoms with van der Waals surface area (Å²) >= 11 is 0. The Morgan fingerprint density at radius 1 is 1.07 bits per heavy atom. The maximum Gasteiger partial charge on any atom is 0.229 e. The SMILES string of the molecule is CS(=O)(=O)c1cccc(-c2nc(Nc3cccc(N)c3)nc3nc[nH]c23)c1. The lowest BCUT2D eigenvalue weighted by Crippen LogP contribution is -2.01. The summed E-state index contributed by atoms with van der Waals surface area (Å²) in [7, 11) is -3.34. The lowest BCUT2D eigenvalue weighted by atomic mass is 10.1. The minimum atomic E-state index is -3.34. The molecule has 4 rings (SSSR count). The van der Waals surface area contributed by atoms with E-state index in [-0.39, 0.29) is 4.90 Å². The Kier molecular flexibility index (Phi) is 4.00. The summed E-state index contributed by atoms with van der Waals surface area (Å²) in [6.07, 6.45) is 2.69. The monoisotopic (exact) mass is 380 g/mol. The molecule has 2 aromatic carbocycles. The number of imidazole rings is 1. The van der Waals surface area contributed by atoms with Crippen LogP contribution in [0.2, 0.25) is 0 Å². The highest BCUT2D eigenvalue weighted by Crippen LogP contribution is 2.28. The van der Waals surface area contributed by atoms with Crippen molar-refractivity contribution < 1.29 is 8.42 Å². The molecule has 0 radical (unpaired) electrons. The number of nitrogen functional groups attached to an aromatic ring is 1. The van der Waals surface area contributed by atoms with E-state index in [9.17, 15) is 8.42 Å². The number of H-pyrrole nitrogens is 1. The molecular weight excluding hydrogens is 364 g/mol. The zero-order valence-electron chi connectivity index (χ0n) is 14.3. The van der Waals surface area contributed by atoms with E-state index in [0.29, 0.717) is 34.1 Å². The number of benzene rings is 2. The first-order chi connectivity index (χ1) is 12.9. The van der Waals surface area contributed by atoms with E-state index >= 15 is 0 Å². The highest BCUT2D eigenvalue weighted by atomic mass is 32.2. The van der Waals surface area contributed by atoms with E-state index in [2.05, 4.69) is 25.3 Å². The van der Waals surface area contributed by atoms with Crippen LogP contribution in [0.4, 0.5) is 17.3 Å². The van der Waals surface area contributed by atoms with Gasteiger partial charge >= 0.3 is 0 Å². The molecule has 27 heavy (non-hydrogen) atoms. The van der Waals surface area contributed by atoms with Crippen molar-refractivity contribution in [1.29, 1.82) is 0 Å². The number of hydrogen-bond donors (Lipinski definition) is 3. The molecule has 8 nitrogen and oxygen atoms in total. The number of aromatic amines is 1. The number of rotatable bonds is 4. The Bertz CT molecular complexity index is 1250. The van der Waals surface area contributed by atoms with Crippen LogP contribution in [0.1, 0.15) is 0 Å². The van der Waals surface area contributed by atoms with Crippen LogP contribution in [0, 0.1) is 0 Å². The number of sulfone groups is 1. The first-order valence-corrected chi connectivity index (χ1v) is 9.93. The average Bonchev–Trinajstić information content (AvgIpc) is 3.09. The number of hydrogen-bond acceptors (Lipinski definition) is 7. The Morgan fingerprint density at radius 2 is 1.89 bits per heavy atom. The van der Waals surface area contributed by atoms with Crippen molar-refractivity contribution >= 4 is 38.3 Å². The lowest BCUT2D eigenvalue weighted by molar-refractivity contribution is 0.602. The van der Waals surface area contributed by atoms with Crippen LogP contribution in [0.3, 0.4) is 0 Å². The predicted molar refractivity (Wildman–Crippen MR) is 104 cm³/mol. The summed E-state index contributed by atoms with van der Waals surface area (Å²) in [5.41, 5.74) is 9.45. The number of anilines is 3. The largest absolute Gasteiger partial charge is 0.399 e. The maximum absolute atomic E-state index is 11.9. The molecule has 0 fully saturated rings. The van der Waals surface area contributed by atoms with Crippen molar-refractivity contribution in [3.05, 3.63) is 54.9 Å². The molecule has 2 heterocycles. The zero-order chi connectivity index (χ0) is 19.0. The third-order valence-electron chi connectivity index (χ3n) is 3.96. The van der Waals surface area contributed by atoms with Gasteiger partial charge in [0.05, 0.1) is 11.2 Å². The molecule has 2 aromatic heterocycles. The fourth-order valence-electron chi connectivity index (χ4n) is 2.72. The molecular formula is C18H16N6O2S. The van der Waals surface area contributed by atoms with Crippen molar-refractivity contribution in [2.24, 2.45) is 0 Å². The van der Waals surface area contributed by atoms with E-state index in [1.165, 1.54) is 12.6 Å². The molecule has 4 aromatic rings. The summed E-state index contributed by atoms with van der Waals surface area (Å²) in [6.45, 7) is 0. The highest BCUT2D eigenvalue weighted by molar-refractivity contribution is 7.90. The van der Waals surface area contributed by atoms with Crippen molar-refractivity contribution in [1.82, 2.24) is 19.9 Å². The quantitative estimate of drug-likeness (QED) is 0.465. The molecule has 4 N–H and O–H groups in total. The Balaban J connectivity index is 1.84. The van der Waals surface area contributed by atoms with Gasteiger partial charge in [-0.2, -0.15) is 4.98 Å². The van der Waals surface area contributed by atoms with Gasteiger partial charge in [-0.1, -0.05) is 18.2 Å². The molecule has 0 saturated heterocycles. The number of nitrogens with one attached hydrogen (secondary N) is 2. The van der Waals surface area contributed by atoms with Gasteiger partial charge in [-0.25, -0.2) is 18.4 Å². The molecule has 136 valence electrons. The highest BCUT2D eigenvalue weighted by Gasteiger charge is 2.15. The topological polar surface area (TPSA) is 127 Å². The fraction of sp³-hybridized carbons (Fsp3) is 0.0556. The molecule has 0 aliphatic carbocycles. The van der Waals surface area contributed by atoms with E-state index < -0.39 is 9.84 Å². The minimum Gasteiger partial charge on any atom is -0.399 e. The van der Waals surface area contributed by atoms with Gasteiger partial charge in [-0.05, 0) is 30.3 Å². The van der Waals surface area contributed by atoms with Gasteiger partial charge in [0, 0.05) is 23.2 Å². The van der Waals surface area contributed by atoms with Gasteiger partial charge in [0.2, 0.25) is 5.95 Å². The number of nitrogens with two attached hydrogens (primary N) is 1. The molecule has 0 unspecified atom stereocenters. The number of aromatic nitrogens is 4. The van der Waals surface area contributed by atoms with Gasteiger partial charge in [-0.3, -0.25) is 0 Å². The summed E-state index contributed by atoms with van der Waals surface area (Å²) in [5.74, 6) is 0.333. The van der Waals surface area contributed by atoms with E-state index in [1.807, 2.05) is 12.1 Å². The Labute approximate surface area is 155 Å². The molecule has 0 spiro atoms. The third-order valence-corrected chi connectivity index (χ3v) is 5.07. The molecule has 9 heteroatoms. The second-order valence-corrected chi connectivity index (χ2v) is 8.06. The first-order valence-electron chi connectivity index (χ1n) is 8.04. The second kappa shape index (κ2) is 6.36. The Morgan fingerprint density at radius 3 is 2.67 bits per heavy atom. The smallest absolute Gasteiger partial charge is 0.229 e. The third kappa shape index (κ3) is 3.44. The summed E-state index contributed by atoms with van der Waals surface area (Å²) in [5, 5.41) is 3.11. The van der Waals surface area contributed by atoms with Crippen molar-refractivity contribution in [3.63, 3.8) is 0 Å². The Hall–Kier alpha value is -3.46. The first kappa shape index (κ1) is 17.0. The summed E-state index contributed by atoms with van der Waals surface area (Å²) in [4.78, 5) is 16.4. The predicted octanol–water partition coefficient (Wildman–Crippen LogP) is 2.75. The van der Waals surface area contributed by atoms with E-state index in [0.717, 1.165) is 5.69 Å². The van der Waals surface area contributed by atoms with Gasteiger partial charge in [0.1, 0.15) is 11.2 Å². The van der Waals surface area contributed by atoms with Crippen LogP contribution in [-0.4, -0.2) is 34.6 Å². The van der Waals surface area contributed by atoms with Crippen molar-refractivity contribution in [2.45, 2.75) is 4.90 Å².